The standard InChI is InChI=1S/C46H43Cl2F4N7O7/c1-24-21-31(57(22-26-10-14-28(63-6)15-11-26)23-27-12-16-29(64-7)17-13-27)54-37(34(24)46(50,51)52)32-35(47)39-33-38(36(32)49)55-42(48)56-41(33)58(19-20-65-39)25(2)30-9-8-18-53-40(30)59(43(60)61)44(62)66-45(3,4)5/h8-18,21,25H,19-20,22-23H2,1-7H3,(H,60,61). The van der Waals surface area contributed by atoms with Crippen LogP contribution in [0.5, 0.6) is 17.2 Å². The monoisotopic (exact) mass is 951 g/mol. The molecule has 3 aromatic heterocycles. The van der Waals surface area contributed by atoms with Crippen molar-refractivity contribution in [3.63, 3.8) is 0 Å². The van der Waals surface area contributed by atoms with Crippen LogP contribution in [-0.4, -0.2) is 70.2 Å². The summed E-state index contributed by atoms with van der Waals surface area (Å²) in [6, 6.07) is 17.7. The van der Waals surface area contributed by atoms with E-state index in [-0.39, 0.29) is 66.0 Å². The Morgan fingerprint density at radius 2 is 1.55 bits per heavy atom. The summed E-state index contributed by atoms with van der Waals surface area (Å²) >= 11 is 13.6. The van der Waals surface area contributed by atoms with Gasteiger partial charge in [0, 0.05) is 24.8 Å². The van der Waals surface area contributed by atoms with Crippen LogP contribution in [-0.2, 0) is 24.0 Å². The first-order valence-electron chi connectivity index (χ1n) is 20.3. The van der Waals surface area contributed by atoms with Gasteiger partial charge in [-0.2, -0.15) is 23.1 Å². The maximum Gasteiger partial charge on any atom is 0.425 e. The molecule has 14 nitrogen and oxygen atoms in total. The molecule has 66 heavy (non-hydrogen) atoms. The number of alkyl halides is 3. The first kappa shape index (κ1) is 47.3. The molecule has 20 heteroatoms. The number of hydrogen-bond acceptors (Lipinski definition) is 12. The zero-order chi connectivity index (χ0) is 47.8. The molecule has 0 spiro atoms. The van der Waals surface area contributed by atoms with E-state index in [1.807, 2.05) is 24.3 Å². The Bertz CT molecular complexity index is 2760. The topological polar surface area (TPSA) is 153 Å². The second-order valence-electron chi connectivity index (χ2n) is 16.2. The molecule has 1 aliphatic heterocycles. The number of imide groups is 1. The quantitative estimate of drug-likeness (QED) is 0.0969. The number of nitrogens with zero attached hydrogens (tertiary/aromatic N) is 7. The van der Waals surface area contributed by atoms with E-state index in [1.54, 1.807) is 61.8 Å². The number of anilines is 3. The minimum absolute atomic E-state index is 0.0360. The van der Waals surface area contributed by atoms with E-state index in [0.717, 1.165) is 11.1 Å². The van der Waals surface area contributed by atoms with Crippen molar-refractivity contribution in [1.29, 1.82) is 0 Å². The van der Waals surface area contributed by atoms with E-state index >= 15 is 17.6 Å². The maximum atomic E-state index is 17.6. The molecule has 2 amide bonds. The molecule has 1 aliphatic rings. The van der Waals surface area contributed by atoms with Crippen molar-refractivity contribution in [3.05, 3.63) is 117 Å². The fraction of sp³-hybridized carbons (Fsp3) is 0.304. The van der Waals surface area contributed by atoms with Crippen molar-refractivity contribution in [1.82, 2.24) is 19.9 Å². The number of methoxy groups -OCH3 is 2. The van der Waals surface area contributed by atoms with Crippen LogP contribution in [0.15, 0.2) is 72.9 Å². The second kappa shape index (κ2) is 18.7. The molecule has 1 atom stereocenters. The van der Waals surface area contributed by atoms with E-state index in [0.29, 0.717) is 16.4 Å². The van der Waals surface area contributed by atoms with Crippen molar-refractivity contribution in [2.24, 2.45) is 0 Å². The highest BCUT2D eigenvalue weighted by molar-refractivity contribution is 6.37. The third-order valence-corrected chi connectivity index (χ3v) is 11.1. The van der Waals surface area contributed by atoms with E-state index < -0.39 is 68.5 Å². The maximum absolute atomic E-state index is 17.6. The minimum atomic E-state index is -5.05. The number of carboxylic acid groups (broad SMARTS) is 1. The summed E-state index contributed by atoms with van der Waals surface area (Å²) in [7, 11) is 3.06. The third-order valence-electron chi connectivity index (χ3n) is 10.6. The fourth-order valence-corrected chi connectivity index (χ4v) is 8.12. The van der Waals surface area contributed by atoms with Crippen LogP contribution in [0.25, 0.3) is 22.2 Å². The molecule has 1 unspecified atom stereocenters. The van der Waals surface area contributed by atoms with Gasteiger partial charge in [0.1, 0.15) is 40.9 Å². The van der Waals surface area contributed by atoms with Gasteiger partial charge in [0.05, 0.1) is 54.0 Å². The van der Waals surface area contributed by atoms with Gasteiger partial charge < -0.3 is 33.9 Å². The van der Waals surface area contributed by atoms with E-state index in [1.165, 1.54) is 45.5 Å². The number of benzene rings is 3. The summed E-state index contributed by atoms with van der Waals surface area (Å²) in [5.41, 5.74) is -2.93. The molecular weight excluding hydrogens is 909 g/mol. The van der Waals surface area contributed by atoms with Crippen LogP contribution in [0, 0.1) is 12.7 Å². The predicted octanol–water partition coefficient (Wildman–Crippen LogP) is 11.5. The Morgan fingerprint density at radius 3 is 2.09 bits per heavy atom. The average Bonchev–Trinajstić information content (AvgIpc) is 3.44. The minimum Gasteiger partial charge on any atom is -0.497 e. The van der Waals surface area contributed by atoms with Gasteiger partial charge in [-0.25, -0.2) is 28.9 Å². The summed E-state index contributed by atoms with van der Waals surface area (Å²) in [4.78, 5) is 46.9. The van der Waals surface area contributed by atoms with Crippen molar-refractivity contribution >= 4 is 63.7 Å². The third kappa shape index (κ3) is 9.65. The molecule has 0 saturated carbocycles. The summed E-state index contributed by atoms with van der Waals surface area (Å²) < 4.78 is 85.6. The lowest BCUT2D eigenvalue weighted by molar-refractivity contribution is -0.137. The van der Waals surface area contributed by atoms with Gasteiger partial charge in [-0.3, -0.25) is 0 Å². The van der Waals surface area contributed by atoms with Crippen LogP contribution in [0.1, 0.15) is 61.6 Å². The molecular formula is C46H43Cl2F4N7O7. The van der Waals surface area contributed by atoms with Gasteiger partial charge in [-0.1, -0.05) is 41.9 Å². The number of ether oxygens (including phenoxy) is 4. The van der Waals surface area contributed by atoms with Crippen molar-refractivity contribution < 1.29 is 51.2 Å². The summed E-state index contributed by atoms with van der Waals surface area (Å²) in [6.07, 6.45) is -6.64. The fourth-order valence-electron chi connectivity index (χ4n) is 7.64. The van der Waals surface area contributed by atoms with Crippen LogP contribution < -0.4 is 28.9 Å². The van der Waals surface area contributed by atoms with Gasteiger partial charge >= 0.3 is 18.4 Å². The van der Waals surface area contributed by atoms with E-state index in [4.69, 9.17) is 42.1 Å². The highest BCUT2D eigenvalue weighted by Gasteiger charge is 2.41. The van der Waals surface area contributed by atoms with Crippen molar-refractivity contribution in [2.75, 3.05) is 42.1 Å². The molecule has 3 aromatic carbocycles. The Morgan fingerprint density at radius 1 is 0.939 bits per heavy atom. The average molecular weight is 953 g/mol. The van der Waals surface area contributed by atoms with Crippen LogP contribution in [0.3, 0.4) is 0 Å². The second-order valence-corrected chi connectivity index (χ2v) is 16.9. The SMILES string of the molecule is COc1ccc(CN(Cc2ccc(OC)cc2)c2cc(C)c(C(F)(F)F)c(-c3c(Cl)c4c5c(nc(Cl)nc5c3F)N(C(C)c3cccnc3N(C(=O)O)C(=O)OC(C)(C)C)CCO4)n2)cc1. The van der Waals surface area contributed by atoms with E-state index in [9.17, 15) is 14.7 Å². The first-order valence-corrected chi connectivity index (χ1v) is 21.0. The van der Waals surface area contributed by atoms with Crippen molar-refractivity contribution in [3.8, 4) is 28.5 Å². The molecule has 0 radical (unpaired) electrons. The smallest absolute Gasteiger partial charge is 0.425 e. The molecule has 6 aromatic rings. The summed E-state index contributed by atoms with van der Waals surface area (Å²) in [6.45, 7) is 7.71. The number of halogens is 6. The highest BCUT2D eigenvalue weighted by Crippen LogP contribution is 2.51. The number of rotatable bonds is 11. The predicted molar refractivity (Wildman–Crippen MR) is 241 cm³/mol. The molecule has 1 N–H and O–H groups in total. The zero-order valence-corrected chi connectivity index (χ0v) is 38.1. The van der Waals surface area contributed by atoms with Crippen LogP contribution >= 0.6 is 23.2 Å². The Balaban J connectivity index is 1.40. The summed E-state index contributed by atoms with van der Waals surface area (Å²) in [5, 5.41) is 9.04. The number of carbonyl (C=O) groups is 2. The van der Waals surface area contributed by atoms with Gasteiger partial charge in [-0.15, -0.1) is 0 Å². The van der Waals surface area contributed by atoms with E-state index in [2.05, 4.69) is 19.9 Å². The zero-order valence-electron chi connectivity index (χ0n) is 36.6. The molecule has 4 heterocycles. The molecule has 0 saturated heterocycles. The van der Waals surface area contributed by atoms with Gasteiger partial charge in [0.15, 0.2) is 17.4 Å². The lowest BCUT2D eigenvalue weighted by Gasteiger charge is -2.32. The molecule has 346 valence electrons. The molecule has 7 rings (SSSR count). The lowest BCUT2D eigenvalue weighted by atomic mass is 9.98. The normalized spacial score (nSPS) is 13.1. The Hall–Kier alpha value is -6.66. The first-order chi connectivity index (χ1) is 31.2. The van der Waals surface area contributed by atoms with Crippen LogP contribution in [0.2, 0.25) is 10.3 Å². The Labute approximate surface area is 386 Å². The van der Waals surface area contributed by atoms with Crippen molar-refractivity contribution in [2.45, 2.75) is 65.5 Å². The molecule has 0 fully saturated rings. The van der Waals surface area contributed by atoms with Gasteiger partial charge in [0.2, 0.25) is 5.28 Å². The number of aromatic nitrogens is 4. The lowest BCUT2D eigenvalue weighted by Crippen LogP contribution is -2.42. The summed E-state index contributed by atoms with van der Waals surface area (Å²) in [5.74, 6) is -0.610. The number of pyridine rings is 2. The largest absolute Gasteiger partial charge is 0.497 e. The number of hydrogen-bond donors (Lipinski definition) is 1. The molecule has 0 bridgehead atoms. The van der Waals surface area contributed by atoms with Gasteiger partial charge in [0.25, 0.3) is 0 Å². The van der Waals surface area contributed by atoms with Gasteiger partial charge in [-0.05, 0) is 99.3 Å². The van der Waals surface area contributed by atoms with Crippen LogP contribution in [0.4, 0.5) is 44.6 Å². The number of amides is 2. The Kier molecular flexibility index (Phi) is 13.4. The number of carbonyl (C=O) groups excluding carboxylic acids is 1. The molecule has 0 aliphatic carbocycles. The highest BCUT2D eigenvalue weighted by atomic mass is 35.5. The number of aryl methyl sites for hydroxylation is 1.